The predicted octanol–water partition coefficient (Wildman–Crippen LogP) is 4.36. The number of nitrogens with zero attached hydrogens (tertiary/aromatic N) is 4. The van der Waals surface area contributed by atoms with Gasteiger partial charge in [-0.3, -0.25) is 14.7 Å². The fourth-order valence-electron chi connectivity index (χ4n) is 5.37. The van der Waals surface area contributed by atoms with E-state index < -0.39 is 0 Å². The Kier molecular flexibility index (Phi) is 8.51. The van der Waals surface area contributed by atoms with Crippen LogP contribution in [0, 0.1) is 18.8 Å². The summed E-state index contributed by atoms with van der Waals surface area (Å²) >= 11 is 0. The van der Waals surface area contributed by atoms with Crippen LogP contribution in [0.15, 0.2) is 48.8 Å². The minimum absolute atomic E-state index is 0.172. The molecule has 3 heterocycles. The first-order valence-electron chi connectivity index (χ1n) is 12.8. The van der Waals surface area contributed by atoms with Gasteiger partial charge in [-0.2, -0.15) is 0 Å². The average molecular weight is 449 g/mol. The minimum atomic E-state index is 0.172. The molecule has 0 bridgehead atoms. The highest BCUT2D eigenvalue weighted by molar-refractivity contribution is 5.79. The third-order valence-corrected chi connectivity index (χ3v) is 7.63. The van der Waals surface area contributed by atoms with Gasteiger partial charge in [0.15, 0.2) is 0 Å². The van der Waals surface area contributed by atoms with Crippen molar-refractivity contribution in [3.8, 4) is 0 Å². The summed E-state index contributed by atoms with van der Waals surface area (Å²) in [6, 6.07) is 12.8. The first-order valence-corrected chi connectivity index (χ1v) is 12.8. The minimum Gasteiger partial charge on any atom is -0.338 e. The van der Waals surface area contributed by atoms with Crippen LogP contribution in [0.25, 0.3) is 0 Å². The Labute approximate surface area is 199 Å². The van der Waals surface area contributed by atoms with Gasteiger partial charge in [0.25, 0.3) is 0 Å². The van der Waals surface area contributed by atoms with Crippen LogP contribution in [0.1, 0.15) is 49.3 Å². The molecule has 0 spiro atoms. The lowest BCUT2D eigenvalue weighted by molar-refractivity contribution is -0.138. The number of hydrogen-bond donors (Lipinski definition) is 0. The van der Waals surface area contributed by atoms with Gasteiger partial charge in [0.05, 0.1) is 0 Å². The summed E-state index contributed by atoms with van der Waals surface area (Å²) in [5.41, 5.74) is 3.94. The summed E-state index contributed by atoms with van der Waals surface area (Å²) in [5.74, 6) is 1.11. The van der Waals surface area contributed by atoms with Gasteiger partial charge >= 0.3 is 0 Å². The molecule has 0 radical (unpaired) electrons. The highest BCUT2D eigenvalue weighted by Gasteiger charge is 2.30. The molecule has 1 aromatic carbocycles. The van der Waals surface area contributed by atoms with E-state index in [0.717, 1.165) is 77.1 Å². The lowest BCUT2D eigenvalue weighted by Gasteiger charge is -2.37. The number of aromatic nitrogens is 1. The van der Waals surface area contributed by atoms with E-state index in [2.05, 4.69) is 63.9 Å². The van der Waals surface area contributed by atoms with Crippen molar-refractivity contribution in [2.75, 3.05) is 39.3 Å². The Balaban J connectivity index is 1.35. The molecule has 5 heteroatoms. The summed E-state index contributed by atoms with van der Waals surface area (Å²) < 4.78 is 0. The summed E-state index contributed by atoms with van der Waals surface area (Å²) in [6.45, 7) is 12.4. The maximum atomic E-state index is 13.6. The van der Waals surface area contributed by atoms with Crippen LogP contribution in [0.5, 0.6) is 0 Å². The van der Waals surface area contributed by atoms with E-state index in [0.29, 0.717) is 18.4 Å². The zero-order valence-corrected chi connectivity index (χ0v) is 20.5. The maximum Gasteiger partial charge on any atom is 0.226 e. The third-order valence-electron chi connectivity index (χ3n) is 7.63. The molecule has 2 aliphatic rings. The molecule has 0 unspecified atom stereocenters. The van der Waals surface area contributed by atoms with Gasteiger partial charge < -0.3 is 9.80 Å². The Morgan fingerprint density at radius 3 is 2.39 bits per heavy atom. The van der Waals surface area contributed by atoms with Crippen LogP contribution >= 0.6 is 0 Å². The summed E-state index contributed by atoms with van der Waals surface area (Å²) in [7, 11) is 0. The number of hydrogen-bond acceptors (Lipinski definition) is 4. The van der Waals surface area contributed by atoms with Gasteiger partial charge in [-0.1, -0.05) is 37.3 Å². The Bertz CT molecular complexity index is 870. The van der Waals surface area contributed by atoms with Crippen LogP contribution in [0.2, 0.25) is 0 Å². The molecule has 0 atom stereocenters. The molecule has 2 fully saturated rings. The predicted molar refractivity (Wildman–Crippen MR) is 134 cm³/mol. The first-order chi connectivity index (χ1) is 16.1. The lowest BCUT2D eigenvalue weighted by atomic mass is 9.92. The van der Waals surface area contributed by atoms with Crippen molar-refractivity contribution in [3.63, 3.8) is 0 Å². The van der Waals surface area contributed by atoms with Gasteiger partial charge in [-0.05, 0) is 94.0 Å². The first kappa shape index (κ1) is 23.9. The number of likely N-dealkylation sites (tertiary alicyclic amines) is 2. The molecule has 2 saturated heterocycles. The van der Waals surface area contributed by atoms with Crippen molar-refractivity contribution in [1.82, 2.24) is 19.7 Å². The van der Waals surface area contributed by atoms with Crippen molar-refractivity contribution >= 4 is 5.91 Å². The monoisotopic (exact) mass is 448 g/mol. The molecule has 5 nitrogen and oxygen atoms in total. The average Bonchev–Trinajstić information content (AvgIpc) is 2.86. The van der Waals surface area contributed by atoms with Crippen LogP contribution in [0.3, 0.4) is 0 Å². The van der Waals surface area contributed by atoms with E-state index >= 15 is 0 Å². The SMILES string of the molecule is CCN1CCC(C(=O)N(Cc2cccnc2)CC2CCN(Cc3ccccc3C)CC2)CC1. The van der Waals surface area contributed by atoms with Gasteiger partial charge in [0.1, 0.15) is 0 Å². The molecule has 1 amide bonds. The van der Waals surface area contributed by atoms with Crippen molar-refractivity contribution in [2.45, 2.75) is 52.6 Å². The Morgan fingerprint density at radius 2 is 1.73 bits per heavy atom. The van der Waals surface area contributed by atoms with Crippen LogP contribution in [-0.4, -0.2) is 64.9 Å². The van der Waals surface area contributed by atoms with Gasteiger partial charge in [0.2, 0.25) is 5.91 Å². The van der Waals surface area contributed by atoms with Crippen LogP contribution in [0.4, 0.5) is 0 Å². The van der Waals surface area contributed by atoms with Gasteiger partial charge in [-0.25, -0.2) is 0 Å². The van der Waals surface area contributed by atoms with E-state index in [1.54, 1.807) is 6.20 Å². The number of amides is 1. The highest BCUT2D eigenvalue weighted by atomic mass is 16.2. The molecule has 0 saturated carbocycles. The summed E-state index contributed by atoms with van der Waals surface area (Å²) in [5, 5.41) is 0. The number of rotatable bonds is 8. The molecule has 33 heavy (non-hydrogen) atoms. The fraction of sp³-hybridized carbons (Fsp3) is 0.571. The Morgan fingerprint density at radius 1 is 1.00 bits per heavy atom. The summed E-state index contributed by atoms with van der Waals surface area (Å²) in [4.78, 5) is 25.1. The number of carbonyl (C=O) groups is 1. The second-order valence-corrected chi connectivity index (χ2v) is 9.93. The highest BCUT2D eigenvalue weighted by Crippen LogP contribution is 2.25. The second-order valence-electron chi connectivity index (χ2n) is 9.93. The standard InChI is InChI=1S/C28H40N4O/c1-3-30-17-12-26(13-18-30)28(33)32(21-25-8-6-14-29-19-25)20-24-10-15-31(16-11-24)22-27-9-5-4-7-23(27)2/h4-9,14,19,24,26H,3,10-13,15-18,20-22H2,1-2H3. The van der Waals surface area contributed by atoms with Crippen molar-refractivity contribution in [2.24, 2.45) is 11.8 Å². The van der Waals surface area contributed by atoms with E-state index in [1.807, 2.05) is 12.3 Å². The largest absolute Gasteiger partial charge is 0.338 e. The molecule has 2 aromatic rings. The van der Waals surface area contributed by atoms with E-state index in [4.69, 9.17) is 0 Å². The lowest BCUT2D eigenvalue weighted by Crippen LogP contribution is -2.45. The molecule has 1 aromatic heterocycles. The number of piperidine rings is 2. The number of carbonyl (C=O) groups excluding carboxylic acids is 1. The summed E-state index contributed by atoms with van der Waals surface area (Å²) in [6.07, 6.45) is 8.02. The van der Waals surface area contributed by atoms with E-state index in [9.17, 15) is 4.79 Å². The second kappa shape index (κ2) is 11.8. The van der Waals surface area contributed by atoms with Crippen molar-refractivity contribution in [3.05, 3.63) is 65.5 Å². The molecule has 0 aliphatic carbocycles. The van der Waals surface area contributed by atoms with E-state index in [-0.39, 0.29) is 5.92 Å². The zero-order chi connectivity index (χ0) is 23.0. The van der Waals surface area contributed by atoms with Gasteiger partial charge in [0, 0.05) is 37.9 Å². The smallest absolute Gasteiger partial charge is 0.226 e. The maximum absolute atomic E-state index is 13.6. The Hall–Kier alpha value is -2.24. The van der Waals surface area contributed by atoms with Crippen molar-refractivity contribution < 1.29 is 4.79 Å². The molecular formula is C28H40N4O. The van der Waals surface area contributed by atoms with E-state index in [1.165, 1.54) is 11.1 Å². The third kappa shape index (κ3) is 6.64. The molecule has 4 rings (SSSR count). The fourth-order valence-corrected chi connectivity index (χ4v) is 5.37. The number of aryl methyl sites for hydroxylation is 1. The van der Waals surface area contributed by atoms with Crippen LogP contribution < -0.4 is 0 Å². The topological polar surface area (TPSA) is 39.7 Å². The van der Waals surface area contributed by atoms with Gasteiger partial charge in [-0.15, -0.1) is 0 Å². The molecule has 178 valence electrons. The number of benzene rings is 1. The molecule has 2 aliphatic heterocycles. The van der Waals surface area contributed by atoms with Crippen molar-refractivity contribution in [1.29, 1.82) is 0 Å². The number of pyridine rings is 1. The molecule has 0 N–H and O–H groups in total. The van der Waals surface area contributed by atoms with Crippen LogP contribution in [-0.2, 0) is 17.9 Å². The quantitative estimate of drug-likeness (QED) is 0.601. The zero-order valence-electron chi connectivity index (χ0n) is 20.5. The normalized spacial score (nSPS) is 19.0. The molecular weight excluding hydrogens is 408 g/mol.